The highest BCUT2D eigenvalue weighted by Crippen LogP contribution is 2.20. The number of nitrogens with one attached hydrogen (secondary N) is 1. The van der Waals surface area contributed by atoms with E-state index in [0.717, 1.165) is 5.22 Å². The highest BCUT2D eigenvalue weighted by molar-refractivity contribution is 7.74. The van der Waals surface area contributed by atoms with Gasteiger partial charge in [0, 0.05) is 22.3 Å². The maximum absolute atomic E-state index is 11.3. The molecule has 2 aliphatic carbocycles. The molecule has 0 spiro atoms. The second-order valence-electron chi connectivity index (χ2n) is 3.99. The van der Waals surface area contributed by atoms with Crippen molar-refractivity contribution in [2.75, 3.05) is 0 Å². The topological polar surface area (TPSA) is 84.1 Å². The molecule has 3 rings (SSSR count). The van der Waals surface area contributed by atoms with E-state index in [4.69, 9.17) is 0 Å². The molecule has 0 aromatic carbocycles. The third kappa shape index (κ3) is 1.83. The summed E-state index contributed by atoms with van der Waals surface area (Å²) in [7, 11) is -4.83. The van der Waals surface area contributed by atoms with Crippen LogP contribution in [0.4, 0.5) is 0 Å². The van der Waals surface area contributed by atoms with Gasteiger partial charge < -0.3 is 4.98 Å². The predicted molar refractivity (Wildman–Crippen MR) is 73.0 cm³/mol. The Kier molecular flexibility index (Phi) is 2.65. The molecule has 1 aromatic rings. The SMILES string of the molecule is O=S(=O)=C1C=CC2=c3cc[nH]c3=CC(=S(=O)=O)C2=C1. The lowest BCUT2D eigenvalue weighted by Crippen LogP contribution is -2.33. The number of fused-ring (bicyclic) bond motifs is 2. The summed E-state index contributed by atoms with van der Waals surface area (Å²) in [5, 5.41) is 1.55. The van der Waals surface area contributed by atoms with Crippen LogP contribution in [0.1, 0.15) is 0 Å². The molecular formula is C12H7NO4S2. The third-order valence-electron chi connectivity index (χ3n) is 2.97. The predicted octanol–water partition coefficient (Wildman–Crippen LogP) is -1.44. The summed E-state index contributed by atoms with van der Waals surface area (Å²) >= 11 is 0. The lowest BCUT2D eigenvalue weighted by Gasteiger charge is -2.13. The molecule has 96 valence electrons. The van der Waals surface area contributed by atoms with Crippen LogP contribution in [0, 0.1) is 0 Å². The van der Waals surface area contributed by atoms with Gasteiger partial charge >= 0.3 is 0 Å². The molecule has 0 atom stereocenters. The first-order valence-corrected chi connectivity index (χ1v) is 7.45. The van der Waals surface area contributed by atoms with Crippen molar-refractivity contribution in [3.8, 4) is 0 Å². The molecule has 0 aliphatic heterocycles. The Morgan fingerprint density at radius 3 is 2.42 bits per heavy atom. The number of aromatic nitrogens is 1. The van der Waals surface area contributed by atoms with E-state index in [-0.39, 0.29) is 9.73 Å². The van der Waals surface area contributed by atoms with Gasteiger partial charge in [-0.1, -0.05) is 6.08 Å². The van der Waals surface area contributed by atoms with Gasteiger partial charge in [0.2, 0.25) is 20.6 Å². The second-order valence-corrected chi connectivity index (χ2v) is 5.84. The second kappa shape index (κ2) is 4.22. The number of hydrogen-bond acceptors (Lipinski definition) is 4. The molecule has 0 saturated heterocycles. The van der Waals surface area contributed by atoms with Crippen molar-refractivity contribution in [1.82, 2.24) is 4.98 Å². The van der Waals surface area contributed by atoms with E-state index in [1.807, 2.05) is 6.07 Å². The van der Waals surface area contributed by atoms with Gasteiger partial charge in [0.15, 0.2) is 0 Å². The Hall–Kier alpha value is -2.12. The molecule has 0 fully saturated rings. The van der Waals surface area contributed by atoms with Crippen molar-refractivity contribution >= 4 is 42.0 Å². The summed E-state index contributed by atoms with van der Waals surface area (Å²) in [6.07, 6.45) is 7.65. The molecule has 0 saturated carbocycles. The fourth-order valence-corrected chi connectivity index (χ4v) is 3.10. The summed E-state index contributed by atoms with van der Waals surface area (Å²) in [5.41, 5.74) is 1.11. The van der Waals surface area contributed by atoms with Gasteiger partial charge in [0.05, 0.1) is 4.86 Å². The lowest BCUT2D eigenvalue weighted by atomic mass is 9.92. The Labute approximate surface area is 111 Å². The molecule has 0 bridgehead atoms. The zero-order valence-electron chi connectivity index (χ0n) is 9.41. The lowest BCUT2D eigenvalue weighted by molar-refractivity contribution is 0.625. The van der Waals surface area contributed by atoms with Crippen LogP contribution in [0.25, 0.3) is 11.6 Å². The average Bonchev–Trinajstić information content (AvgIpc) is 2.85. The van der Waals surface area contributed by atoms with E-state index in [2.05, 4.69) is 4.98 Å². The third-order valence-corrected chi connectivity index (χ3v) is 4.31. The Bertz CT molecular complexity index is 1030. The molecule has 7 heteroatoms. The number of allylic oxidation sites excluding steroid dienone is 4. The highest BCUT2D eigenvalue weighted by atomic mass is 32.2. The van der Waals surface area contributed by atoms with Crippen molar-refractivity contribution in [3.05, 3.63) is 46.6 Å². The van der Waals surface area contributed by atoms with Crippen LogP contribution in [0.3, 0.4) is 0 Å². The van der Waals surface area contributed by atoms with E-state index in [0.29, 0.717) is 16.5 Å². The minimum absolute atomic E-state index is 0.0640. The summed E-state index contributed by atoms with van der Waals surface area (Å²) in [5.74, 6) is 0. The monoisotopic (exact) mass is 293 g/mol. The van der Waals surface area contributed by atoms with E-state index in [9.17, 15) is 16.8 Å². The number of H-pyrrole nitrogens is 1. The van der Waals surface area contributed by atoms with Crippen LogP contribution in [0.2, 0.25) is 0 Å². The van der Waals surface area contributed by atoms with Crippen molar-refractivity contribution < 1.29 is 16.8 Å². The normalized spacial score (nSPS) is 16.4. The number of rotatable bonds is 0. The smallest absolute Gasteiger partial charge is 0.222 e. The Balaban J connectivity index is 2.54. The molecule has 1 heterocycles. The Morgan fingerprint density at radius 2 is 1.74 bits per heavy atom. The molecule has 0 radical (unpaired) electrons. The molecule has 0 amide bonds. The van der Waals surface area contributed by atoms with Crippen LogP contribution in [-0.2, 0) is 20.6 Å². The average molecular weight is 293 g/mol. The summed E-state index contributed by atoms with van der Waals surface area (Å²) in [4.78, 5) is 3.09. The van der Waals surface area contributed by atoms with Crippen molar-refractivity contribution in [2.24, 2.45) is 0 Å². The summed E-state index contributed by atoms with van der Waals surface area (Å²) in [6, 6.07) is 1.82. The Morgan fingerprint density at radius 1 is 0.947 bits per heavy atom. The van der Waals surface area contributed by atoms with Crippen molar-refractivity contribution in [3.63, 3.8) is 0 Å². The van der Waals surface area contributed by atoms with Crippen LogP contribution >= 0.6 is 0 Å². The van der Waals surface area contributed by atoms with Crippen LogP contribution < -0.4 is 10.6 Å². The van der Waals surface area contributed by atoms with E-state index >= 15 is 0 Å². The first-order valence-electron chi connectivity index (χ1n) is 5.30. The fraction of sp³-hybridized carbons (Fsp3) is 0. The number of aromatic amines is 1. The molecule has 19 heavy (non-hydrogen) atoms. The van der Waals surface area contributed by atoms with E-state index < -0.39 is 20.6 Å². The van der Waals surface area contributed by atoms with Gasteiger partial charge in [-0.3, -0.25) is 0 Å². The fourth-order valence-electron chi connectivity index (χ4n) is 2.15. The van der Waals surface area contributed by atoms with Gasteiger partial charge in [-0.15, -0.1) is 0 Å². The van der Waals surface area contributed by atoms with Crippen LogP contribution in [0.15, 0.2) is 36.1 Å². The minimum Gasteiger partial charge on any atom is -0.361 e. The minimum atomic E-state index is -2.44. The van der Waals surface area contributed by atoms with Crippen LogP contribution in [-0.4, -0.2) is 31.5 Å². The van der Waals surface area contributed by atoms with Crippen LogP contribution in [0.5, 0.6) is 0 Å². The molecular weight excluding hydrogens is 286 g/mol. The highest BCUT2D eigenvalue weighted by Gasteiger charge is 2.19. The van der Waals surface area contributed by atoms with E-state index in [1.165, 1.54) is 18.2 Å². The summed E-state index contributed by atoms with van der Waals surface area (Å²) in [6.45, 7) is 0. The quantitative estimate of drug-likeness (QED) is 0.594. The zero-order chi connectivity index (χ0) is 13.6. The van der Waals surface area contributed by atoms with Gasteiger partial charge in [-0.2, -0.15) is 16.8 Å². The molecule has 1 aromatic heterocycles. The first-order chi connectivity index (χ1) is 9.08. The van der Waals surface area contributed by atoms with Crippen molar-refractivity contribution in [2.45, 2.75) is 0 Å². The van der Waals surface area contributed by atoms with Crippen molar-refractivity contribution in [1.29, 1.82) is 0 Å². The first kappa shape index (κ1) is 11.9. The summed E-state index contributed by atoms with van der Waals surface area (Å²) < 4.78 is 44.5. The zero-order valence-corrected chi connectivity index (χ0v) is 11.0. The number of hydrogen-bond donors (Lipinski definition) is 1. The standard InChI is InChI=1S/C12H7NO4S2/c14-18(15)7-1-2-8-9-3-4-13-11(9)6-12(19(16)17)10(8)5-7/h1-6,13H. The maximum atomic E-state index is 11.3. The van der Waals surface area contributed by atoms with Gasteiger partial charge in [-0.25, -0.2) is 0 Å². The molecule has 2 aliphatic rings. The maximum Gasteiger partial charge on any atom is 0.222 e. The molecule has 5 nitrogen and oxygen atoms in total. The van der Waals surface area contributed by atoms with Gasteiger partial charge in [0.1, 0.15) is 4.86 Å². The largest absolute Gasteiger partial charge is 0.361 e. The van der Waals surface area contributed by atoms with E-state index in [1.54, 1.807) is 12.3 Å². The molecule has 0 unspecified atom stereocenters. The van der Waals surface area contributed by atoms with Gasteiger partial charge in [-0.05, 0) is 29.9 Å². The molecule has 1 N–H and O–H groups in total. The van der Waals surface area contributed by atoms with Gasteiger partial charge in [0.25, 0.3) is 0 Å².